The number of methoxy groups -OCH3 is 1. The van der Waals surface area contributed by atoms with E-state index in [1.807, 2.05) is 51.1 Å². The number of nitrogens with one attached hydrogen (secondary N) is 1. The van der Waals surface area contributed by atoms with Crippen LogP contribution in [-0.4, -0.2) is 71.9 Å². The van der Waals surface area contributed by atoms with Crippen LogP contribution in [0.2, 0.25) is 0 Å². The van der Waals surface area contributed by atoms with Crippen molar-refractivity contribution in [1.82, 2.24) is 14.8 Å². The number of anilines is 2. The average Bonchev–Trinajstić information content (AvgIpc) is 3.72. The number of halogens is 2. The molecule has 5 amide bonds. The maximum absolute atomic E-state index is 15.3. The highest BCUT2D eigenvalue weighted by Crippen LogP contribution is 2.40. The number of nitrogens with zero attached hydrogens (tertiary/aromatic N) is 4. The predicted molar refractivity (Wildman–Crippen MR) is 195 cm³/mol. The fourth-order valence-corrected chi connectivity index (χ4v) is 6.52. The number of aromatic nitrogens is 1. The molecular formula is C38H37F2N5O6S. The van der Waals surface area contributed by atoms with Gasteiger partial charge in [-0.25, -0.2) is 28.1 Å². The van der Waals surface area contributed by atoms with Gasteiger partial charge >= 0.3 is 18.2 Å². The van der Waals surface area contributed by atoms with Crippen LogP contribution in [0.4, 0.5) is 34.5 Å². The normalized spacial score (nSPS) is 13.1. The van der Waals surface area contributed by atoms with E-state index in [1.54, 1.807) is 24.3 Å². The molecule has 6 rings (SSSR count). The van der Waals surface area contributed by atoms with Crippen LogP contribution in [0.1, 0.15) is 26.3 Å². The molecule has 1 saturated heterocycles. The first-order chi connectivity index (χ1) is 24.9. The Kier molecular flexibility index (Phi) is 10.7. The fraction of sp³-hybridized carbons (Fsp3) is 0.263. The zero-order valence-corrected chi connectivity index (χ0v) is 29.8. The van der Waals surface area contributed by atoms with Gasteiger partial charge in [0, 0.05) is 61.3 Å². The summed E-state index contributed by atoms with van der Waals surface area (Å²) in [6, 6.07) is 19.5. The quantitative estimate of drug-likeness (QED) is 0.153. The lowest BCUT2D eigenvalue weighted by molar-refractivity contribution is 0.0184. The molecule has 0 atom stereocenters. The van der Waals surface area contributed by atoms with Gasteiger partial charge in [-0.05, 0) is 74.4 Å². The summed E-state index contributed by atoms with van der Waals surface area (Å²) in [5.74, 6) is -0.812. The topological polar surface area (TPSA) is 114 Å². The molecule has 52 heavy (non-hydrogen) atoms. The molecule has 5 aromatic rings. The van der Waals surface area contributed by atoms with E-state index < -0.39 is 35.4 Å². The minimum Gasteiger partial charge on any atom is -0.453 e. The first-order valence-electron chi connectivity index (χ1n) is 16.5. The van der Waals surface area contributed by atoms with E-state index in [2.05, 4.69) is 10.3 Å². The van der Waals surface area contributed by atoms with E-state index in [9.17, 15) is 18.8 Å². The molecule has 11 nitrogen and oxygen atoms in total. The molecule has 1 aliphatic heterocycles. The average molecular weight is 730 g/mol. The number of urea groups is 2. The van der Waals surface area contributed by atoms with E-state index in [4.69, 9.17) is 14.2 Å². The van der Waals surface area contributed by atoms with Crippen LogP contribution < -0.4 is 15.0 Å². The molecule has 1 aliphatic rings. The van der Waals surface area contributed by atoms with E-state index >= 15 is 4.39 Å². The van der Waals surface area contributed by atoms with Gasteiger partial charge in [-0.15, -0.1) is 11.3 Å². The summed E-state index contributed by atoms with van der Waals surface area (Å²) < 4.78 is 46.1. The molecule has 2 aromatic heterocycles. The molecule has 3 aromatic carbocycles. The van der Waals surface area contributed by atoms with Crippen LogP contribution >= 0.6 is 11.3 Å². The summed E-state index contributed by atoms with van der Waals surface area (Å²) in [7, 11) is 1.58. The van der Waals surface area contributed by atoms with Crippen LogP contribution in [0, 0.1) is 11.6 Å². The lowest BCUT2D eigenvalue weighted by Gasteiger charge is -2.27. The zero-order chi connectivity index (χ0) is 37.0. The fourth-order valence-electron chi connectivity index (χ4n) is 5.45. The Morgan fingerprint density at radius 2 is 1.71 bits per heavy atom. The van der Waals surface area contributed by atoms with Crippen molar-refractivity contribution in [2.24, 2.45) is 0 Å². The van der Waals surface area contributed by atoms with Crippen molar-refractivity contribution in [3.63, 3.8) is 0 Å². The Labute approximate surface area is 303 Å². The van der Waals surface area contributed by atoms with Gasteiger partial charge in [0.05, 0.1) is 23.4 Å². The maximum atomic E-state index is 15.3. The second kappa shape index (κ2) is 15.3. The van der Waals surface area contributed by atoms with Gasteiger partial charge in [-0.3, -0.25) is 9.88 Å². The Balaban J connectivity index is 1.11. The van der Waals surface area contributed by atoms with Crippen LogP contribution in [0.25, 0.3) is 20.7 Å². The lowest BCUT2D eigenvalue weighted by Crippen LogP contribution is -2.39. The molecular weight excluding hydrogens is 693 g/mol. The Bertz CT molecular complexity index is 2080. The number of pyridine rings is 1. The van der Waals surface area contributed by atoms with E-state index in [1.165, 1.54) is 52.6 Å². The van der Waals surface area contributed by atoms with Gasteiger partial charge in [0.1, 0.15) is 17.2 Å². The van der Waals surface area contributed by atoms with Gasteiger partial charge in [0.25, 0.3) is 0 Å². The number of hydrogen-bond acceptors (Lipinski definition) is 8. The van der Waals surface area contributed by atoms with Crippen molar-refractivity contribution in [2.45, 2.75) is 32.9 Å². The highest BCUT2D eigenvalue weighted by atomic mass is 32.1. The summed E-state index contributed by atoms with van der Waals surface area (Å²) in [5.41, 5.74) is 2.51. The van der Waals surface area contributed by atoms with Gasteiger partial charge in [0.2, 0.25) is 0 Å². The van der Waals surface area contributed by atoms with Crippen molar-refractivity contribution >= 4 is 51.1 Å². The summed E-state index contributed by atoms with van der Waals surface area (Å²) in [6.45, 7) is 6.93. The SMILES string of the molecule is COCCN(Cc1ccc(-c2cc3nccc(Oc4ccc(NC(=O)N5CCN(c6ccc(F)cc6)C5=O)cc4F)c3s2)cc1)C(=O)OC(C)(C)C. The van der Waals surface area contributed by atoms with Gasteiger partial charge < -0.3 is 24.4 Å². The summed E-state index contributed by atoms with van der Waals surface area (Å²) in [5, 5.41) is 2.56. The number of carbonyl (C=O) groups is 3. The highest BCUT2D eigenvalue weighted by molar-refractivity contribution is 7.22. The number of amides is 5. The molecule has 1 fully saturated rings. The zero-order valence-electron chi connectivity index (χ0n) is 29.0. The minimum absolute atomic E-state index is 0.0625. The van der Waals surface area contributed by atoms with E-state index in [0.29, 0.717) is 41.3 Å². The van der Waals surface area contributed by atoms with Crippen molar-refractivity contribution in [2.75, 3.05) is 43.6 Å². The minimum atomic E-state index is -0.721. The number of ether oxygens (including phenoxy) is 3. The van der Waals surface area contributed by atoms with E-state index in [-0.39, 0.29) is 24.5 Å². The predicted octanol–water partition coefficient (Wildman–Crippen LogP) is 8.89. The van der Waals surface area contributed by atoms with Crippen molar-refractivity contribution in [3.8, 4) is 21.9 Å². The number of rotatable bonds is 10. The first kappa shape index (κ1) is 36.2. The molecule has 0 unspecified atom stereocenters. The summed E-state index contributed by atoms with van der Waals surface area (Å²) in [6.07, 6.45) is 1.17. The van der Waals surface area contributed by atoms with Crippen LogP contribution in [-0.2, 0) is 16.0 Å². The van der Waals surface area contributed by atoms with Gasteiger partial charge in [0.15, 0.2) is 11.6 Å². The molecule has 0 saturated carbocycles. The third-order valence-electron chi connectivity index (χ3n) is 8.00. The summed E-state index contributed by atoms with van der Waals surface area (Å²) >= 11 is 1.44. The number of hydrogen-bond donors (Lipinski definition) is 1. The third kappa shape index (κ3) is 8.46. The molecule has 0 radical (unpaired) electrons. The van der Waals surface area contributed by atoms with Gasteiger partial charge in [-0.2, -0.15) is 0 Å². The molecule has 0 spiro atoms. The molecule has 14 heteroatoms. The number of imide groups is 1. The van der Waals surface area contributed by atoms with Crippen molar-refractivity contribution in [3.05, 3.63) is 102 Å². The van der Waals surface area contributed by atoms with E-state index in [0.717, 1.165) is 27.0 Å². The molecule has 1 N–H and O–H groups in total. The molecule has 0 bridgehead atoms. The number of benzene rings is 3. The van der Waals surface area contributed by atoms with Crippen LogP contribution in [0.3, 0.4) is 0 Å². The Hall–Kier alpha value is -5.60. The number of thiophene rings is 1. The molecule has 270 valence electrons. The second-order valence-electron chi connectivity index (χ2n) is 13.0. The third-order valence-corrected chi connectivity index (χ3v) is 9.19. The van der Waals surface area contributed by atoms with Crippen LogP contribution in [0.5, 0.6) is 11.5 Å². The first-order valence-corrected chi connectivity index (χ1v) is 17.3. The molecule has 3 heterocycles. The van der Waals surface area contributed by atoms with Crippen molar-refractivity contribution < 1.29 is 37.4 Å². The standard InChI is InChI=1S/C38H37F2N5O6S/c1-38(2,3)51-37(48)43(19-20-49-4)23-24-5-7-25(8-6-24)33-22-30-34(52-33)32(15-16-41-30)50-31-14-11-27(21-29(31)40)42-35(46)45-18-17-44(36(45)47)28-12-9-26(39)10-13-28/h5-16,21-22H,17-20,23H2,1-4H3,(H,42,46). The largest absolute Gasteiger partial charge is 0.453 e. The number of carbonyl (C=O) groups excluding carboxylic acids is 3. The molecule has 0 aliphatic carbocycles. The summed E-state index contributed by atoms with van der Waals surface area (Å²) in [4.78, 5) is 47.9. The van der Waals surface area contributed by atoms with Crippen molar-refractivity contribution in [1.29, 1.82) is 0 Å². The lowest BCUT2D eigenvalue weighted by atomic mass is 10.1. The number of fused-ring (bicyclic) bond motifs is 1. The van der Waals surface area contributed by atoms with Crippen LogP contribution in [0.15, 0.2) is 85.1 Å². The maximum Gasteiger partial charge on any atom is 0.410 e. The Morgan fingerprint density at radius 3 is 2.40 bits per heavy atom. The van der Waals surface area contributed by atoms with Gasteiger partial charge in [-0.1, -0.05) is 24.3 Å². The Morgan fingerprint density at radius 1 is 0.962 bits per heavy atom. The second-order valence-corrected chi connectivity index (χ2v) is 14.0. The smallest absolute Gasteiger partial charge is 0.410 e. The monoisotopic (exact) mass is 729 g/mol. The highest BCUT2D eigenvalue weighted by Gasteiger charge is 2.34.